The second-order valence-electron chi connectivity index (χ2n) is 7.02. The van der Waals surface area contributed by atoms with Gasteiger partial charge in [0.15, 0.2) is 5.16 Å². The second-order valence-corrected chi connectivity index (χ2v) is 8.99. The number of carbonyl (C=O) groups excluding carboxylic acids is 1. The molecule has 5 nitrogen and oxygen atoms in total. The van der Waals surface area contributed by atoms with Crippen molar-refractivity contribution in [2.75, 3.05) is 12.3 Å². The number of aromatic nitrogens is 2. The van der Waals surface area contributed by atoms with E-state index < -0.39 is 0 Å². The number of aryl methyl sites for hydroxylation is 1. The first-order valence-corrected chi connectivity index (χ1v) is 11.3. The molecule has 1 aromatic carbocycles. The summed E-state index contributed by atoms with van der Waals surface area (Å²) in [7, 11) is 0. The lowest BCUT2D eigenvalue weighted by molar-refractivity contribution is -0.118. The highest BCUT2D eigenvalue weighted by molar-refractivity contribution is 7.99. The van der Waals surface area contributed by atoms with Crippen molar-refractivity contribution >= 4 is 39.9 Å². The van der Waals surface area contributed by atoms with Gasteiger partial charge in [0.1, 0.15) is 0 Å². The third kappa shape index (κ3) is 5.45. The number of benzene rings is 1. The summed E-state index contributed by atoms with van der Waals surface area (Å²) in [6.45, 7) is 5.49. The standard InChI is InChI=1S/C21H25N3O2S2/c1-15(2)9-11-22-19(25)14-28-21-23-18-8-4-3-7-17(18)20(26)24(21)12-10-16-6-5-13-27-16/h3-8,13,15H,9-12,14H2,1-2H3,(H,22,25). The number of thiophene rings is 1. The van der Waals surface area contributed by atoms with Gasteiger partial charge in [0.25, 0.3) is 5.56 Å². The molecule has 2 aromatic heterocycles. The number of amides is 1. The largest absolute Gasteiger partial charge is 0.355 e. The van der Waals surface area contributed by atoms with E-state index >= 15 is 0 Å². The molecule has 1 N–H and O–H groups in total. The van der Waals surface area contributed by atoms with Crippen molar-refractivity contribution < 1.29 is 4.79 Å². The third-order valence-corrected chi connectivity index (χ3v) is 6.28. The molecular formula is C21H25N3O2S2. The minimum absolute atomic E-state index is 0.0298. The summed E-state index contributed by atoms with van der Waals surface area (Å²) in [6.07, 6.45) is 1.72. The van der Waals surface area contributed by atoms with Crippen LogP contribution >= 0.6 is 23.1 Å². The molecule has 3 aromatic rings. The Labute approximate surface area is 173 Å². The Bertz CT molecular complexity index is 981. The van der Waals surface area contributed by atoms with E-state index in [9.17, 15) is 9.59 Å². The number of para-hydroxylation sites is 1. The quantitative estimate of drug-likeness (QED) is 0.424. The van der Waals surface area contributed by atoms with Crippen LogP contribution in [0.25, 0.3) is 10.9 Å². The molecule has 3 rings (SSSR count). The first-order chi connectivity index (χ1) is 13.5. The van der Waals surface area contributed by atoms with Crippen LogP contribution in [0.2, 0.25) is 0 Å². The maximum absolute atomic E-state index is 13.0. The van der Waals surface area contributed by atoms with Gasteiger partial charge in [0, 0.05) is 18.0 Å². The minimum atomic E-state index is -0.0510. The molecule has 2 heterocycles. The fraction of sp³-hybridized carbons (Fsp3) is 0.381. The average molecular weight is 416 g/mol. The van der Waals surface area contributed by atoms with Crippen LogP contribution in [0, 0.1) is 5.92 Å². The van der Waals surface area contributed by atoms with Crippen molar-refractivity contribution in [3.05, 3.63) is 57.0 Å². The van der Waals surface area contributed by atoms with E-state index in [1.54, 1.807) is 22.0 Å². The molecule has 0 bridgehead atoms. The normalized spacial score (nSPS) is 11.2. The van der Waals surface area contributed by atoms with Crippen molar-refractivity contribution in [1.82, 2.24) is 14.9 Å². The van der Waals surface area contributed by atoms with Gasteiger partial charge in [-0.3, -0.25) is 14.2 Å². The maximum Gasteiger partial charge on any atom is 0.262 e. The molecule has 0 aliphatic rings. The molecule has 0 saturated carbocycles. The summed E-state index contributed by atoms with van der Waals surface area (Å²) in [6, 6.07) is 11.5. The lowest BCUT2D eigenvalue weighted by Crippen LogP contribution is -2.28. The molecule has 0 aliphatic carbocycles. The zero-order chi connectivity index (χ0) is 19.9. The molecule has 0 unspecified atom stereocenters. The van der Waals surface area contributed by atoms with Gasteiger partial charge in [0.2, 0.25) is 5.91 Å². The molecule has 7 heteroatoms. The zero-order valence-electron chi connectivity index (χ0n) is 16.2. The fourth-order valence-corrected chi connectivity index (χ4v) is 4.37. The van der Waals surface area contributed by atoms with Crippen LogP contribution < -0.4 is 10.9 Å². The number of hydrogen-bond acceptors (Lipinski definition) is 5. The Morgan fingerprint density at radius 1 is 1.25 bits per heavy atom. The van der Waals surface area contributed by atoms with Gasteiger partial charge in [0.05, 0.1) is 16.7 Å². The summed E-state index contributed by atoms with van der Waals surface area (Å²) in [5.41, 5.74) is 0.618. The van der Waals surface area contributed by atoms with Crippen LogP contribution in [0.15, 0.2) is 51.7 Å². The number of hydrogen-bond donors (Lipinski definition) is 1. The lowest BCUT2D eigenvalue weighted by Gasteiger charge is -2.13. The molecular weight excluding hydrogens is 390 g/mol. The Morgan fingerprint density at radius 2 is 2.07 bits per heavy atom. The number of carbonyl (C=O) groups is 1. The zero-order valence-corrected chi connectivity index (χ0v) is 17.8. The van der Waals surface area contributed by atoms with Gasteiger partial charge in [-0.2, -0.15) is 0 Å². The predicted octanol–water partition coefficient (Wildman–Crippen LogP) is 3.96. The number of fused-ring (bicyclic) bond motifs is 1. The molecule has 1 amide bonds. The average Bonchev–Trinajstić information content (AvgIpc) is 3.19. The minimum Gasteiger partial charge on any atom is -0.355 e. The molecule has 28 heavy (non-hydrogen) atoms. The second kappa shape index (κ2) is 9.89. The Morgan fingerprint density at radius 3 is 2.82 bits per heavy atom. The van der Waals surface area contributed by atoms with Crippen molar-refractivity contribution in [2.45, 2.75) is 38.4 Å². The van der Waals surface area contributed by atoms with Crippen molar-refractivity contribution in [1.29, 1.82) is 0 Å². The summed E-state index contributed by atoms with van der Waals surface area (Å²) in [4.78, 5) is 31.1. The number of rotatable bonds is 9. The molecule has 0 fully saturated rings. The summed E-state index contributed by atoms with van der Waals surface area (Å²) >= 11 is 3.00. The van der Waals surface area contributed by atoms with Crippen LogP contribution in [0.5, 0.6) is 0 Å². The van der Waals surface area contributed by atoms with E-state index in [1.807, 2.05) is 29.6 Å². The van der Waals surface area contributed by atoms with Crippen LogP contribution in [0.4, 0.5) is 0 Å². The van der Waals surface area contributed by atoms with Gasteiger partial charge in [-0.1, -0.05) is 43.8 Å². The van der Waals surface area contributed by atoms with Crippen LogP contribution in [-0.2, 0) is 17.8 Å². The summed E-state index contributed by atoms with van der Waals surface area (Å²) < 4.78 is 1.70. The van der Waals surface area contributed by atoms with Crippen molar-refractivity contribution in [2.24, 2.45) is 5.92 Å². The van der Waals surface area contributed by atoms with Crippen LogP contribution in [0.1, 0.15) is 25.1 Å². The highest BCUT2D eigenvalue weighted by atomic mass is 32.2. The van der Waals surface area contributed by atoms with Crippen molar-refractivity contribution in [3.63, 3.8) is 0 Å². The summed E-state index contributed by atoms with van der Waals surface area (Å²) in [5, 5.41) is 6.18. The van der Waals surface area contributed by atoms with Gasteiger partial charge >= 0.3 is 0 Å². The van der Waals surface area contributed by atoms with Crippen molar-refractivity contribution in [3.8, 4) is 0 Å². The predicted molar refractivity (Wildman–Crippen MR) is 117 cm³/mol. The van der Waals surface area contributed by atoms with Gasteiger partial charge in [-0.05, 0) is 42.3 Å². The molecule has 0 radical (unpaired) electrons. The molecule has 0 aliphatic heterocycles. The highest BCUT2D eigenvalue weighted by Crippen LogP contribution is 2.19. The smallest absolute Gasteiger partial charge is 0.262 e. The number of nitrogens with one attached hydrogen (secondary N) is 1. The molecule has 148 valence electrons. The maximum atomic E-state index is 13.0. The van der Waals surface area contributed by atoms with E-state index in [0.29, 0.717) is 35.1 Å². The van der Waals surface area contributed by atoms with Crippen LogP contribution in [0.3, 0.4) is 0 Å². The first-order valence-electron chi connectivity index (χ1n) is 9.46. The van der Waals surface area contributed by atoms with E-state index in [1.165, 1.54) is 16.6 Å². The first kappa shape index (κ1) is 20.6. The van der Waals surface area contributed by atoms with Gasteiger partial charge in [-0.15, -0.1) is 11.3 Å². The fourth-order valence-electron chi connectivity index (χ4n) is 2.81. The van der Waals surface area contributed by atoms with Gasteiger partial charge in [-0.25, -0.2) is 4.98 Å². The van der Waals surface area contributed by atoms with Crippen LogP contribution in [-0.4, -0.2) is 27.8 Å². The monoisotopic (exact) mass is 415 g/mol. The topological polar surface area (TPSA) is 64.0 Å². The van der Waals surface area contributed by atoms with E-state index in [4.69, 9.17) is 0 Å². The summed E-state index contributed by atoms with van der Waals surface area (Å²) in [5.74, 6) is 0.775. The van der Waals surface area contributed by atoms with E-state index in [2.05, 4.69) is 30.2 Å². The Hall–Kier alpha value is -2.12. The van der Waals surface area contributed by atoms with Gasteiger partial charge < -0.3 is 5.32 Å². The third-order valence-electron chi connectivity index (χ3n) is 4.36. The molecule has 0 atom stereocenters. The number of nitrogens with zero attached hydrogens (tertiary/aromatic N) is 2. The van der Waals surface area contributed by atoms with E-state index in [-0.39, 0.29) is 17.2 Å². The molecule has 0 spiro atoms. The van der Waals surface area contributed by atoms with E-state index in [0.717, 1.165) is 12.8 Å². The Kier molecular flexibility index (Phi) is 7.28. The SMILES string of the molecule is CC(C)CCNC(=O)CSc1nc2ccccc2c(=O)n1CCc1cccs1. The Balaban J connectivity index is 1.77. The number of thioether (sulfide) groups is 1. The lowest BCUT2D eigenvalue weighted by atomic mass is 10.1. The highest BCUT2D eigenvalue weighted by Gasteiger charge is 2.13. The molecule has 0 saturated heterocycles.